The van der Waals surface area contributed by atoms with Crippen LogP contribution < -0.4 is 4.74 Å². The third kappa shape index (κ3) is 5.13. The minimum Gasteiger partial charge on any atom is -0.410 e. The van der Waals surface area contributed by atoms with Crippen LogP contribution in [0, 0.1) is 5.41 Å². The maximum atomic E-state index is 12.6. The maximum absolute atomic E-state index is 12.6. The van der Waals surface area contributed by atoms with Crippen LogP contribution in [0.5, 0.6) is 5.75 Å². The molecule has 1 aliphatic heterocycles. The number of hydrogen-bond donors (Lipinski definition) is 0. The Morgan fingerprint density at radius 2 is 1.66 bits per heavy atom. The van der Waals surface area contributed by atoms with Crippen LogP contribution in [0.4, 0.5) is 4.79 Å². The van der Waals surface area contributed by atoms with E-state index in [4.69, 9.17) is 9.47 Å². The van der Waals surface area contributed by atoms with Crippen molar-refractivity contribution in [1.82, 2.24) is 9.80 Å². The van der Waals surface area contributed by atoms with Crippen molar-refractivity contribution in [3.8, 4) is 5.75 Å². The minimum atomic E-state index is -0.322. The predicted molar refractivity (Wildman–Crippen MR) is 123 cm³/mol. The van der Waals surface area contributed by atoms with Crippen LogP contribution in [0.25, 0.3) is 0 Å². The molecular formula is C26H32N2O4. The Kier molecular flexibility index (Phi) is 6.80. The quantitative estimate of drug-likeness (QED) is 0.649. The fraction of sp³-hybridized carbons (Fsp3) is 0.462. The molecule has 2 atom stereocenters. The van der Waals surface area contributed by atoms with Gasteiger partial charge < -0.3 is 19.3 Å². The molecule has 2 fully saturated rings. The minimum absolute atomic E-state index is 0.106. The van der Waals surface area contributed by atoms with Gasteiger partial charge in [-0.1, -0.05) is 48.5 Å². The number of amides is 2. The monoisotopic (exact) mass is 436 g/mol. The lowest BCUT2D eigenvalue weighted by molar-refractivity contribution is -0.132. The summed E-state index contributed by atoms with van der Waals surface area (Å²) in [6, 6.07) is 19.8. The standard InChI is InChI=1S/C26H32N2O4/c1-20(29)28(24-17-23(24)21-9-5-3-6-10-21)18-26(19-31-2)13-15-27(16-14-26)25(30)32-22-11-7-4-8-12-22/h3-12,23-24H,13-19H2,1-2H3/t23?,24-/m1/s1. The van der Waals surface area contributed by atoms with E-state index in [-0.39, 0.29) is 23.5 Å². The number of methoxy groups -OCH3 is 1. The molecule has 1 unspecified atom stereocenters. The molecule has 1 saturated carbocycles. The third-order valence-electron chi connectivity index (χ3n) is 6.78. The van der Waals surface area contributed by atoms with E-state index in [1.165, 1.54) is 5.56 Å². The Morgan fingerprint density at radius 1 is 1.03 bits per heavy atom. The molecule has 0 bridgehead atoms. The molecule has 0 spiro atoms. The van der Waals surface area contributed by atoms with Gasteiger partial charge in [-0.2, -0.15) is 0 Å². The van der Waals surface area contributed by atoms with Crippen LogP contribution in [-0.2, 0) is 9.53 Å². The van der Waals surface area contributed by atoms with Gasteiger partial charge in [-0.15, -0.1) is 0 Å². The van der Waals surface area contributed by atoms with Crippen molar-refractivity contribution in [1.29, 1.82) is 0 Å². The molecule has 1 heterocycles. The van der Waals surface area contributed by atoms with E-state index >= 15 is 0 Å². The predicted octanol–water partition coefficient (Wildman–Crippen LogP) is 4.32. The summed E-state index contributed by atoms with van der Waals surface area (Å²) in [5, 5.41) is 0. The zero-order valence-electron chi connectivity index (χ0n) is 18.9. The second-order valence-corrected chi connectivity index (χ2v) is 9.07. The van der Waals surface area contributed by atoms with E-state index in [0.29, 0.717) is 37.9 Å². The molecule has 32 heavy (non-hydrogen) atoms. The van der Waals surface area contributed by atoms with E-state index in [0.717, 1.165) is 19.3 Å². The highest BCUT2D eigenvalue weighted by Crippen LogP contribution is 2.46. The molecule has 0 radical (unpaired) electrons. The maximum Gasteiger partial charge on any atom is 0.415 e. The van der Waals surface area contributed by atoms with Gasteiger partial charge in [-0.25, -0.2) is 4.79 Å². The smallest absolute Gasteiger partial charge is 0.410 e. The highest BCUT2D eigenvalue weighted by molar-refractivity contribution is 5.74. The van der Waals surface area contributed by atoms with Gasteiger partial charge in [0.25, 0.3) is 0 Å². The summed E-state index contributed by atoms with van der Waals surface area (Å²) in [7, 11) is 1.71. The summed E-state index contributed by atoms with van der Waals surface area (Å²) in [6.45, 7) is 4.07. The lowest BCUT2D eigenvalue weighted by Gasteiger charge is -2.43. The first kappa shape index (κ1) is 22.3. The molecule has 1 aliphatic carbocycles. The van der Waals surface area contributed by atoms with Crippen LogP contribution in [-0.4, -0.2) is 61.2 Å². The van der Waals surface area contributed by atoms with E-state index in [2.05, 4.69) is 24.3 Å². The Bertz CT molecular complexity index is 910. The SMILES string of the molecule is COCC1(CN(C(C)=O)[C@@H]2CC2c2ccccc2)CCN(C(=O)Oc2ccccc2)CC1. The number of carbonyl (C=O) groups excluding carboxylic acids is 2. The number of rotatable bonds is 7. The van der Waals surface area contributed by atoms with Gasteiger partial charge in [0.1, 0.15) is 5.75 Å². The number of likely N-dealkylation sites (tertiary alicyclic amines) is 1. The second kappa shape index (κ2) is 9.74. The van der Waals surface area contributed by atoms with Gasteiger partial charge in [-0.05, 0) is 37.0 Å². The number of nitrogens with zero attached hydrogens (tertiary/aromatic N) is 2. The van der Waals surface area contributed by atoms with Crippen LogP contribution in [0.15, 0.2) is 60.7 Å². The summed E-state index contributed by atoms with van der Waals surface area (Å²) < 4.78 is 11.1. The third-order valence-corrected chi connectivity index (χ3v) is 6.78. The van der Waals surface area contributed by atoms with E-state index in [9.17, 15) is 9.59 Å². The van der Waals surface area contributed by atoms with E-state index in [1.807, 2.05) is 29.2 Å². The first-order valence-electron chi connectivity index (χ1n) is 11.3. The average Bonchev–Trinajstić information content (AvgIpc) is 3.60. The summed E-state index contributed by atoms with van der Waals surface area (Å²) in [5.74, 6) is 1.06. The number of para-hydroxylation sites is 1. The molecule has 0 aromatic heterocycles. The summed E-state index contributed by atoms with van der Waals surface area (Å²) >= 11 is 0. The van der Waals surface area contributed by atoms with E-state index < -0.39 is 0 Å². The Morgan fingerprint density at radius 3 is 2.25 bits per heavy atom. The molecular weight excluding hydrogens is 404 g/mol. The van der Waals surface area contributed by atoms with Crippen molar-refractivity contribution in [2.75, 3.05) is 33.4 Å². The highest BCUT2D eigenvalue weighted by Gasteiger charge is 2.47. The van der Waals surface area contributed by atoms with Crippen molar-refractivity contribution >= 4 is 12.0 Å². The van der Waals surface area contributed by atoms with Crippen molar-refractivity contribution in [2.24, 2.45) is 5.41 Å². The number of carbonyl (C=O) groups is 2. The first-order valence-corrected chi connectivity index (χ1v) is 11.3. The Balaban J connectivity index is 1.39. The lowest BCUT2D eigenvalue weighted by Crippen LogP contribution is -2.51. The normalized spacial score (nSPS) is 21.6. The summed E-state index contributed by atoms with van der Waals surface area (Å²) in [6.07, 6.45) is 2.23. The Labute approximate surface area is 190 Å². The van der Waals surface area contributed by atoms with Gasteiger partial charge in [0.2, 0.25) is 5.91 Å². The van der Waals surface area contributed by atoms with Crippen molar-refractivity contribution in [2.45, 2.75) is 38.1 Å². The molecule has 2 aromatic carbocycles. The molecule has 6 heteroatoms. The topological polar surface area (TPSA) is 59.1 Å². The molecule has 6 nitrogen and oxygen atoms in total. The summed E-state index contributed by atoms with van der Waals surface area (Å²) in [5.41, 5.74) is 1.14. The highest BCUT2D eigenvalue weighted by atomic mass is 16.6. The fourth-order valence-corrected chi connectivity index (χ4v) is 4.88. The molecule has 4 rings (SSSR count). The Hall–Kier alpha value is -2.86. The summed E-state index contributed by atoms with van der Waals surface area (Å²) in [4.78, 5) is 29.0. The molecule has 170 valence electrons. The first-order chi connectivity index (χ1) is 15.5. The van der Waals surface area contributed by atoms with E-state index in [1.54, 1.807) is 31.1 Å². The van der Waals surface area contributed by atoms with Gasteiger partial charge >= 0.3 is 6.09 Å². The lowest BCUT2D eigenvalue weighted by atomic mass is 9.78. The van der Waals surface area contributed by atoms with Gasteiger partial charge in [0.15, 0.2) is 0 Å². The van der Waals surface area contributed by atoms with Crippen LogP contribution in [0.2, 0.25) is 0 Å². The van der Waals surface area contributed by atoms with Gasteiger partial charge in [-0.3, -0.25) is 4.79 Å². The van der Waals surface area contributed by atoms with Crippen LogP contribution >= 0.6 is 0 Å². The zero-order chi connectivity index (χ0) is 22.6. The van der Waals surface area contributed by atoms with Gasteiger partial charge in [0, 0.05) is 51.0 Å². The van der Waals surface area contributed by atoms with Crippen LogP contribution in [0.1, 0.15) is 37.7 Å². The molecule has 2 amide bonds. The van der Waals surface area contributed by atoms with Crippen molar-refractivity contribution in [3.05, 3.63) is 66.2 Å². The molecule has 2 aliphatic rings. The number of hydrogen-bond acceptors (Lipinski definition) is 4. The number of piperidine rings is 1. The average molecular weight is 437 g/mol. The fourth-order valence-electron chi connectivity index (χ4n) is 4.88. The molecule has 1 saturated heterocycles. The van der Waals surface area contributed by atoms with Crippen molar-refractivity contribution in [3.63, 3.8) is 0 Å². The molecule has 2 aromatic rings. The second-order valence-electron chi connectivity index (χ2n) is 9.07. The van der Waals surface area contributed by atoms with Gasteiger partial charge in [0.05, 0.1) is 6.61 Å². The number of ether oxygens (including phenoxy) is 2. The van der Waals surface area contributed by atoms with Crippen LogP contribution in [0.3, 0.4) is 0 Å². The largest absolute Gasteiger partial charge is 0.415 e. The molecule has 0 N–H and O–H groups in total. The zero-order valence-corrected chi connectivity index (χ0v) is 18.9. The number of benzene rings is 2. The van der Waals surface area contributed by atoms with Crippen molar-refractivity contribution < 1.29 is 19.1 Å².